The molecule has 4 unspecified atom stereocenters. The Morgan fingerprint density at radius 3 is 2.66 bits per heavy atom. The molecule has 3 aliphatic rings. The van der Waals surface area contributed by atoms with Crippen LogP contribution in [0.25, 0.3) is 0 Å². The Labute approximate surface area is 189 Å². The van der Waals surface area contributed by atoms with E-state index >= 15 is 0 Å². The van der Waals surface area contributed by atoms with Gasteiger partial charge in [0.15, 0.2) is 0 Å². The van der Waals surface area contributed by atoms with Gasteiger partial charge in [-0.25, -0.2) is 4.98 Å². The van der Waals surface area contributed by atoms with Crippen LogP contribution >= 0.6 is 36.4 Å². The zero-order valence-electron chi connectivity index (χ0n) is 16.3. The number of halogens is 3. The summed E-state index contributed by atoms with van der Waals surface area (Å²) in [6, 6.07) is 3.83. The van der Waals surface area contributed by atoms with Crippen molar-refractivity contribution in [3.05, 3.63) is 23.4 Å². The van der Waals surface area contributed by atoms with E-state index in [1.54, 1.807) is 12.1 Å². The van der Waals surface area contributed by atoms with Gasteiger partial charge in [0.2, 0.25) is 11.8 Å². The molecule has 0 aromatic carbocycles. The molecule has 1 saturated carbocycles. The molecular weight excluding hydrogens is 435 g/mol. The number of carbonyl (C=O) groups excluding carboxylic acids is 2. The van der Waals surface area contributed by atoms with E-state index in [9.17, 15) is 9.59 Å². The lowest BCUT2D eigenvalue weighted by molar-refractivity contribution is -0.136. The number of hydrogen-bond donors (Lipinski definition) is 2. The van der Waals surface area contributed by atoms with E-state index in [1.165, 1.54) is 31.9 Å². The molecule has 1 aromatic rings. The van der Waals surface area contributed by atoms with Crippen LogP contribution in [-0.4, -0.2) is 46.9 Å². The van der Waals surface area contributed by atoms with E-state index in [1.807, 2.05) is 4.90 Å². The van der Waals surface area contributed by atoms with Crippen molar-refractivity contribution in [2.24, 2.45) is 11.8 Å². The molecule has 9 heteroatoms. The Hall–Kier alpha value is -1.08. The number of aromatic nitrogens is 1. The summed E-state index contributed by atoms with van der Waals surface area (Å²) in [5.74, 6) is 1.05. The number of carbonyl (C=O) groups is 2. The van der Waals surface area contributed by atoms with Crippen LogP contribution in [0.2, 0.25) is 5.02 Å². The summed E-state index contributed by atoms with van der Waals surface area (Å²) in [4.78, 5) is 31.6. The van der Waals surface area contributed by atoms with Crippen molar-refractivity contribution >= 4 is 54.0 Å². The van der Waals surface area contributed by atoms with Crippen LogP contribution in [0.5, 0.6) is 0 Å². The molecular formula is C20H29Cl3N4O2. The van der Waals surface area contributed by atoms with Gasteiger partial charge in [-0.1, -0.05) is 24.4 Å². The van der Waals surface area contributed by atoms with Crippen molar-refractivity contribution in [3.63, 3.8) is 0 Å². The molecule has 1 aromatic heterocycles. The first-order valence-electron chi connectivity index (χ1n) is 10.1. The molecule has 2 N–H and O–H groups in total. The first-order valence-corrected chi connectivity index (χ1v) is 10.4. The number of fused-ring (bicyclic) bond motifs is 1. The number of hydrogen-bond acceptors (Lipinski definition) is 4. The number of piperidine rings is 1. The minimum Gasteiger partial charge on any atom is -0.341 e. The average molecular weight is 464 g/mol. The lowest BCUT2D eigenvalue weighted by atomic mass is 9.85. The molecule has 0 radical (unpaired) electrons. The summed E-state index contributed by atoms with van der Waals surface area (Å²) >= 11 is 5.83. The summed E-state index contributed by atoms with van der Waals surface area (Å²) in [5.41, 5.74) is 0. The maximum absolute atomic E-state index is 13.0. The molecule has 0 spiro atoms. The van der Waals surface area contributed by atoms with Crippen molar-refractivity contribution in [2.75, 3.05) is 18.4 Å². The number of likely N-dealkylation sites (tertiary alicyclic amines) is 1. The highest BCUT2D eigenvalue weighted by molar-refractivity contribution is 6.30. The van der Waals surface area contributed by atoms with Gasteiger partial charge in [-0.05, 0) is 50.2 Å². The van der Waals surface area contributed by atoms with Crippen LogP contribution in [0, 0.1) is 11.8 Å². The second-order valence-electron chi connectivity index (χ2n) is 8.08. The zero-order valence-corrected chi connectivity index (χ0v) is 18.7. The number of rotatable bonds is 3. The van der Waals surface area contributed by atoms with Crippen molar-refractivity contribution < 1.29 is 9.59 Å². The van der Waals surface area contributed by atoms with Gasteiger partial charge in [-0.15, -0.1) is 24.8 Å². The molecule has 3 heterocycles. The standard InChI is InChI=1S/C20H27ClN4O2.2ClH/c21-15-7-8-18(22-11-15)24-19(26)14-5-3-9-25(12-14)20(27)17-10-13-4-1-2-6-16(13)23-17;;/h7-8,11,13-14,16-17,23H,1-6,9-10,12H2,(H,22,24,26);2*1H. The third-order valence-corrected chi connectivity index (χ3v) is 6.47. The van der Waals surface area contributed by atoms with Crippen LogP contribution in [-0.2, 0) is 9.59 Å². The minimum absolute atomic E-state index is 0. The van der Waals surface area contributed by atoms with Gasteiger partial charge in [0.25, 0.3) is 0 Å². The molecule has 6 nitrogen and oxygen atoms in total. The van der Waals surface area contributed by atoms with Gasteiger partial charge < -0.3 is 15.5 Å². The first kappa shape index (κ1) is 24.2. The van der Waals surface area contributed by atoms with Crippen LogP contribution < -0.4 is 10.6 Å². The van der Waals surface area contributed by atoms with Crippen molar-refractivity contribution in [2.45, 2.75) is 57.0 Å². The molecule has 3 fully saturated rings. The topological polar surface area (TPSA) is 74.3 Å². The van der Waals surface area contributed by atoms with Crippen LogP contribution in [0.4, 0.5) is 5.82 Å². The molecule has 29 heavy (non-hydrogen) atoms. The highest BCUT2D eigenvalue weighted by Gasteiger charge is 2.40. The Morgan fingerprint density at radius 2 is 1.93 bits per heavy atom. The van der Waals surface area contributed by atoms with E-state index in [0.717, 1.165) is 25.8 Å². The van der Waals surface area contributed by atoms with Crippen LogP contribution in [0.3, 0.4) is 0 Å². The molecule has 4 atom stereocenters. The molecule has 162 valence electrons. The summed E-state index contributed by atoms with van der Waals surface area (Å²) < 4.78 is 0. The van der Waals surface area contributed by atoms with Gasteiger partial charge in [0.1, 0.15) is 5.82 Å². The Balaban J connectivity index is 0.00000150. The summed E-state index contributed by atoms with van der Waals surface area (Å²) in [7, 11) is 0. The van der Waals surface area contributed by atoms with Crippen LogP contribution in [0.1, 0.15) is 44.9 Å². The Kier molecular flexibility index (Phi) is 9.01. The summed E-state index contributed by atoms with van der Waals surface area (Å²) in [6.07, 6.45) is 9.09. The molecule has 0 bridgehead atoms. The Bertz CT molecular complexity index is 689. The lowest BCUT2D eigenvalue weighted by Crippen LogP contribution is -2.50. The lowest BCUT2D eigenvalue weighted by Gasteiger charge is -2.33. The Morgan fingerprint density at radius 1 is 1.14 bits per heavy atom. The number of anilines is 1. The van der Waals surface area contributed by atoms with Crippen molar-refractivity contribution in [3.8, 4) is 0 Å². The van der Waals surface area contributed by atoms with Crippen molar-refractivity contribution in [1.82, 2.24) is 15.2 Å². The number of nitrogens with zero attached hydrogens (tertiary/aromatic N) is 2. The van der Waals surface area contributed by atoms with Crippen molar-refractivity contribution in [1.29, 1.82) is 0 Å². The number of nitrogens with one attached hydrogen (secondary N) is 2. The van der Waals surface area contributed by atoms with Crippen LogP contribution in [0.15, 0.2) is 18.3 Å². The highest BCUT2D eigenvalue weighted by atomic mass is 35.5. The quantitative estimate of drug-likeness (QED) is 0.717. The smallest absolute Gasteiger partial charge is 0.239 e. The number of amides is 2. The second-order valence-corrected chi connectivity index (χ2v) is 8.52. The fraction of sp³-hybridized carbons (Fsp3) is 0.650. The normalized spacial score (nSPS) is 28.5. The van der Waals surface area contributed by atoms with Gasteiger partial charge in [-0.2, -0.15) is 0 Å². The maximum Gasteiger partial charge on any atom is 0.239 e. The van der Waals surface area contributed by atoms with E-state index in [0.29, 0.717) is 29.3 Å². The monoisotopic (exact) mass is 462 g/mol. The molecule has 2 saturated heterocycles. The third-order valence-electron chi connectivity index (χ3n) is 6.24. The molecule has 4 rings (SSSR count). The second kappa shape index (κ2) is 10.8. The largest absolute Gasteiger partial charge is 0.341 e. The molecule has 2 amide bonds. The van der Waals surface area contributed by atoms with E-state index in [-0.39, 0.29) is 48.6 Å². The fourth-order valence-electron chi connectivity index (χ4n) is 4.80. The van der Waals surface area contributed by atoms with E-state index in [4.69, 9.17) is 11.6 Å². The molecule has 2 aliphatic heterocycles. The molecule has 1 aliphatic carbocycles. The van der Waals surface area contributed by atoms with Gasteiger partial charge >= 0.3 is 0 Å². The average Bonchev–Trinajstić information content (AvgIpc) is 3.13. The fourth-order valence-corrected chi connectivity index (χ4v) is 4.91. The highest BCUT2D eigenvalue weighted by Crippen LogP contribution is 2.34. The third kappa shape index (κ3) is 5.75. The minimum atomic E-state index is -0.191. The van der Waals surface area contributed by atoms with Gasteiger partial charge in [0, 0.05) is 25.3 Å². The summed E-state index contributed by atoms with van der Waals surface area (Å²) in [5, 5.41) is 6.95. The predicted molar refractivity (Wildman–Crippen MR) is 119 cm³/mol. The SMILES string of the molecule is Cl.Cl.O=C(Nc1ccc(Cl)cn1)C1CCCN(C(=O)C2CC3CCCCC3N2)C1. The number of pyridine rings is 1. The maximum atomic E-state index is 13.0. The van der Waals surface area contributed by atoms with Gasteiger partial charge in [-0.3, -0.25) is 9.59 Å². The summed E-state index contributed by atoms with van der Waals surface area (Å²) in [6.45, 7) is 1.24. The first-order chi connectivity index (χ1) is 13.1. The van der Waals surface area contributed by atoms with Gasteiger partial charge in [0.05, 0.1) is 17.0 Å². The predicted octanol–water partition coefficient (Wildman–Crippen LogP) is 3.68. The van der Waals surface area contributed by atoms with E-state index in [2.05, 4.69) is 15.6 Å². The zero-order chi connectivity index (χ0) is 18.8. The van der Waals surface area contributed by atoms with E-state index < -0.39 is 0 Å².